The number of hydrogen-bond donors (Lipinski definition) is 1. The molecule has 2 aliphatic rings. The molecule has 3 atom stereocenters. The molecule has 2 rings (SSSR count). The van der Waals surface area contributed by atoms with Crippen molar-refractivity contribution in [3.63, 3.8) is 0 Å². The Labute approximate surface area is 96.9 Å². The van der Waals surface area contributed by atoms with Crippen molar-refractivity contribution in [3.05, 3.63) is 0 Å². The minimum absolute atomic E-state index is 0.115. The first-order chi connectivity index (χ1) is 7.76. The third-order valence-corrected chi connectivity index (χ3v) is 3.64. The van der Waals surface area contributed by atoms with Gasteiger partial charge in [0, 0.05) is 26.2 Å². The van der Waals surface area contributed by atoms with E-state index in [9.17, 15) is 5.11 Å². The Bertz CT molecular complexity index is 213. The number of hydrogen-bond acceptors (Lipinski definition) is 4. The summed E-state index contributed by atoms with van der Waals surface area (Å²) in [6, 6.07) is 0. The Kier molecular flexibility index (Phi) is 4.19. The predicted molar refractivity (Wildman–Crippen MR) is 59.3 cm³/mol. The van der Waals surface area contributed by atoms with Crippen molar-refractivity contribution >= 4 is 0 Å². The maximum Gasteiger partial charge on any atom is 0.0940 e. The summed E-state index contributed by atoms with van der Waals surface area (Å²) < 4.78 is 16.5. The first-order valence-electron chi connectivity index (χ1n) is 6.23. The first-order valence-corrected chi connectivity index (χ1v) is 6.23. The molecule has 0 bridgehead atoms. The van der Waals surface area contributed by atoms with Crippen LogP contribution < -0.4 is 0 Å². The van der Waals surface area contributed by atoms with Gasteiger partial charge in [0.2, 0.25) is 0 Å². The van der Waals surface area contributed by atoms with E-state index in [1.807, 2.05) is 6.92 Å². The van der Waals surface area contributed by atoms with Gasteiger partial charge in [0.15, 0.2) is 0 Å². The number of ether oxygens (including phenoxy) is 3. The predicted octanol–water partition coefficient (Wildman–Crippen LogP) is 0.969. The molecule has 2 heterocycles. The Hall–Kier alpha value is -0.160. The summed E-state index contributed by atoms with van der Waals surface area (Å²) >= 11 is 0. The van der Waals surface area contributed by atoms with Crippen LogP contribution in [0.1, 0.15) is 26.2 Å². The van der Waals surface area contributed by atoms with Gasteiger partial charge in [0.05, 0.1) is 24.9 Å². The molecule has 4 nitrogen and oxygen atoms in total. The molecule has 0 saturated carbocycles. The van der Waals surface area contributed by atoms with Crippen LogP contribution in [0, 0.1) is 5.92 Å². The molecule has 0 aromatic carbocycles. The van der Waals surface area contributed by atoms with Gasteiger partial charge < -0.3 is 19.3 Å². The maximum absolute atomic E-state index is 10.0. The van der Waals surface area contributed by atoms with Gasteiger partial charge in [-0.15, -0.1) is 0 Å². The summed E-state index contributed by atoms with van der Waals surface area (Å²) in [4.78, 5) is 0. The van der Waals surface area contributed by atoms with E-state index >= 15 is 0 Å². The third kappa shape index (κ3) is 2.74. The van der Waals surface area contributed by atoms with Crippen LogP contribution in [0.2, 0.25) is 0 Å². The van der Waals surface area contributed by atoms with Crippen LogP contribution >= 0.6 is 0 Å². The Morgan fingerprint density at radius 3 is 3.06 bits per heavy atom. The summed E-state index contributed by atoms with van der Waals surface area (Å²) in [6.45, 7) is 5.26. The van der Waals surface area contributed by atoms with E-state index in [1.54, 1.807) is 0 Å². The molecule has 3 unspecified atom stereocenters. The lowest BCUT2D eigenvalue weighted by molar-refractivity contribution is -0.124. The second kappa shape index (κ2) is 5.45. The highest BCUT2D eigenvalue weighted by molar-refractivity contribution is 4.92. The summed E-state index contributed by atoms with van der Waals surface area (Å²) in [7, 11) is 0. The lowest BCUT2D eigenvalue weighted by Crippen LogP contribution is -2.44. The monoisotopic (exact) mass is 230 g/mol. The van der Waals surface area contributed by atoms with Gasteiger partial charge in [-0.3, -0.25) is 0 Å². The lowest BCUT2D eigenvalue weighted by Gasteiger charge is -2.38. The molecule has 0 aromatic rings. The van der Waals surface area contributed by atoms with Gasteiger partial charge in [-0.2, -0.15) is 0 Å². The highest BCUT2D eigenvalue weighted by Gasteiger charge is 2.42. The highest BCUT2D eigenvalue weighted by Crippen LogP contribution is 2.37. The number of aliphatic hydroxyl groups is 1. The van der Waals surface area contributed by atoms with Gasteiger partial charge in [0.1, 0.15) is 0 Å². The average molecular weight is 230 g/mol. The molecular weight excluding hydrogens is 208 g/mol. The fourth-order valence-electron chi connectivity index (χ4n) is 2.63. The molecule has 1 N–H and O–H groups in total. The van der Waals surface area contributed by atoms with E-state index in [0.29, 0.717) is 25.7 Å². The largest absolute Gasteiger partial charge is 0.390 e. The molecular formula is C12H22O4. The van der Waals surface area contributed by atoms with Crippen LogP contribution in [0.4, 0.5) is 0 Å². The standard InChI is InChI=1S/C12H22O4/c1-2-14-8-11(13)10-3-5-16-12(7-10)4-6-15-9-12/h10-11,13H,2-9H2,1H3. The molecule has 94 valence electrons. The van der Waals surface area contributed by atoms with Gasteiger partial charge in [-0.1, -0.05) is 0 Å². The Morgan fingerprint density at radius 2 is 2.38 bits per heavy atom. The fraction of sp³-hybridized carbons (Fsp3) is 1.00. The van der Waals surface area contributed by atoms with Gasteiger partial charge in [-0.05, 0) is 25.7 Å². The quantitative estimate of drug-likeness (QED) is 0.782. The number of aliphatic hydroxyl groups excluding tert-OH is 1. The van der Waals surface area contributed by atoms with E-state index in [0.717, 1.165) is 32.5 Å². The molecule has 0 aliphatic carbocycles. The lowest BCUT2D eigenvalue weighted by atomic mass is 9.82. The van der Waals surface area contributed by atoms with Crippen molar-refractivity contribution in [1.82, 2.24) is 0 Å². The van der Waals surface area contributed by atoms with Crippen molar-refractivity contribution in [2.24, 2.45) is 5.92 Å². The van der Waals surface area contributed by atoms with Gasteiger partial charge in [-0.25, -0.2) is 0 Å². The minimum atomic E-state index is -0.360. The molecule has 0 radical (unpaired) electrons. The molecule has 0 amide bonds. The van der Waals surface area contributed by atoms with E-state index in [4.69, 9.17) is 14.2 Å². The third-order valence-electron chi connectivity index (χ3n) is 3.64. The first kappa shape index (κ1) is 12.3. The van der Waals surface area contributed by atoms with Crippen molar-refractivity contribution in [1.29, 1.82) is 0 Å². The van der Waals surface area contributed by atoms with E-state index in [2.05, 4.69) is 0 Å². The molecule has 2 aliphatic heterocycles. The summed E-state index contributed by atoms with van der Waals surface area (Å²) in [5, 5.41) is 10.0. The van der Waals surface area contributed by atoms with Crippen molar-refractivity contribution in [2.75, 3.05) is 33.0 Å². The molecule has 16 heavy (non-hydrogen) atoms. The van der Waals surface area contributed by atoms with Gasteiger partial charge in [0.25, 0.3) is 0 Å². The average Bonchev–Trinajstić information content (AvgIpc) is 2.74. The molecule has 2 saturated heterocycles. The maximum atomic E-state index is 10.0. The van der Waals surface area contributed by atoms with Crippen molar-refractivity contribution in [2.45, 2.75) is 37.9 Å². The zero-order chi connectivity index (χ0) is 11.4. The Balaban J connectivity index is 1.85. The van der Waals surface area contributed by atoms with Crippen molar-refractivity contribution in [3.8, 4) is 0 Å². The van der Waals surface area contributed by atoms with E-state index < -0.39 is 0 Å². The van der Waals surface area contributed by atoms with E-state index in [1.165, 1.54) is 0 Å². The summed E-state index contributed by atoms with van der Waals surface area (Å²) in [6.07, 6.45) is 2.43. The highest BCUT2D eigenvalue weighted by atomic mass is 16.6. The molecule has 0 aromatic heterocycles. The summed E-state index contributed by atoms with van der Waals surface area (Å²) in [5.41, 5.74) is -0.115. The fourth-order valence-corrected chi connectivity index (χ4v) is 2.63. The normalized spacial score (nSPS) is 36.8. The van der Waals surface area contributed by atoms with E-state index in [-0.39, 0.29) is 11.7 Å². The second-order valence-corrected chi connectivity index (χ2v) is 4.81. The topological polar surface area (TPSA) is 47.9 Å². The van der Waals surface area contributed by atoms with Crippen LogP contribution in [0.3, 0.4) is 0 Å². The number of rotatable bonds is 4. The molecule has 1 spiro atoms. The second-order valence-electron chi connectivity index (χ2n) is 4.81. The zero-order valence-corrected chi connectivity index (χ0v) is 9.98. The van der Waals surface area contributed by atoms with Crippen LogP contribution in [0.25, 0.3) is 0 Å². The molecule has 4 heteroatoms. The minimum Gasteiger partial charge on any atom is -0.390 e. The van der Waals surface area contributed by atoms with Crippen LogP contribution in [0.5, 0.6) is 0 Å². The van der Waals surface area contributed by atoms with Crippen molar-refractivity contribution < 1.29 is 19.3 Å². The Morgan fingerprint density at radius 1 is 1.50 bits per heavy atom. The zero-order valence-electron chi connectivity index (χ0n) is 9.98. The molecule has 2 fully saturated rings. The van der Waals surface area contributed by atoms with Crippen LogP contribution in [0.15, 0.2) is 0 Å². The van der Waals surface area contributed by atoms with Gasteiger partial charge >= 0.3 is 0 Å². The summed E-state index contributed by atoms with van der Waals surface area (Å²) in [5.74, 6) is 0.294. The smallest absolute Gasteiger partial charge is 0.0940 e. The van der Waals surface area contributed by atoms with Crippen LogP contribution in [-0.2, 0) is 14.2 Å². The van der Waals surface area contributed by atoms with Crippen LogP contribution in [-0.4, -0.2) is 49.8 Å². The SMILES string of the molecule is CCOCC(O)C1CCOC2(CCOC2)C1.